The van der Waals surface area contributed by atoms with E-state index in [0.29, 0.717) is 12.3 Å². The first kappa shape index (κ1) is 16.3. The molecule has 21 heavy (non-hydrogen) atoms. The molecule has 1 aromatic carbocycles. The first-order chi connectivity index (χ1) is 10.1. The molecule has 1 aromatic rings. The Labute approximate surface area is 131 Å². The van der Waals surface area contributed by atoms with Gasteiger partial charge in [0.2, 0.25) is 0 Å². The summed E-state index contributed by atoms with van der Waals surface area (Å²) in [4.78, 5) is 13.1. The lowest BCUT2D eigenvalue weighted by Gasteiger charge is -2.32. The topological polar surface area (TPSA) is 40.5 Å². The predicted molar refractivity (Wildman–Crippen MR) is 85.8 cm³/mol. The van der Waals surface area contributed by atoms with Crippen LogP contribution in [0.15, 0.2) is 24.3 Å². The molecule has 0 aliphatic carbocycles. The van der Waals surface area contributed by atoms with Crippen molar-refractivity contribution in [2.24, 2.45) is 5.92 Å². The Kier molecular flexibility index (Phi) is 6.52. The number of benzene rings is 1. The summed E-state index contributed by atoms with van der Waals surface area (Å²) in [5.74, 6) is -0.111. The summed E-state index contributed by atoms with van der Waals surface area (Å²) in [6.45, 7) is 3.32. The largest absolute Gasteiger partial charge is 0.481 e. The maximum absolute atomic E-state index is 10.7. The van der Waals surface area contributed by atoms with Gasteiger partial charge >= 0.3 is 5.97 Å². The van der Waals surface area contributed by atoms with E-state index in [1.165, 1.54) is 18.4 Å². The summed E-state index contributed by atoms with van der Waals surface area (Å²) in [6.07, 6.45) is 5.74. The van der Waals surface area contributed by atoms with Crippen molar-refractivity contribution in [3.63, 3.8) is 0 Å². The predicted octanol–water partition coefficient (Wildman–Crippen LogP) is 3.85. The van der Waals surface area contributed by atoms with Crippen LogP contribution in [0, 0.1) is 5.92 Å². The molecule has 4 heteroatoms. The third-order valence-corrected chi connectivity index (χ3v) is 4.47. The van der Waals surface area contributed by atoms with Crippen LogP contribution in [0.3, 0.4) is 0 Å². The summed E-state index contributed by atoms with van der Waals surface area (Å²) >= 11 is 5.89. The zero-order chi connectivity index (χ0) is 15.1. The van der Waals surface area contributed by atoms with E-state index in [1.807, 2.05) is 12.1 Å². The third-order valence-electron chi connectivity index (χ3n) is 4.22. The third kappa shape index (κ3) is 6.06. The molecule has 1 unspecified atom stereocenters. The lowest BCUT2D eigenvalue weighted by atomic mass is 9.93. The van der Waals surface area contributed by atoms with E-state index in [-0.39, 0.29) is 0 Å². The van der Waals surface area contributed by atoms with E-state index in [9.17, 15) is 4.79 Å². The van der Waals surface area contributed by atoms with Gasteiger partial charge in [-0.15, -0.1) is 0 Å². The van der Waals surface area contributed by atoms with E-state index >= 15 is 0 Å². The SMILES string of the molecule is O=C(O)CCC1CCCN(CCCc2ccc(Cl)cc2)C1. The van der Waals surface area contributed by atoms with Crippen molar-refractivity contribution in [3.8, 4) is 0 Å². The van der Waals surface area contributed by atoms with Crippen molar-refractivity contribution in [1.29, 1.82) is 0 Å². The second kappa shape index (κ2) is 8.40. The Bertz CT molecular complexity index is 447. The Hall–Kier alpha value is -1.06. The van der Waals surface area contributed by atoms with Crippen LogP contribution in [0.4, 0.5) is 0 Å². The lowest BCUT2D eigenvalue weighted by molar-refractivity contribution is -0.137. The highest BCUT2D eigenvalue weighted by atomic mass is 35.5. The molecule has 1 heterocycles. The minimum absolute atomic E-state index is 0.309. The average Bonchev–Trinajstić information content (AvgIpc) is 2.48. The monoisotopic (exact) mass is 309 g/mol. The van der Waals surface area contributed by atoms with Crippen molar-refractivity contribution in [1.82, 2.24) is 4.90 Å². The van der Waals surface area contributed by atoms with Crippen LogP contribution >= 0.6 is 11.6 Å². The van der Waals surface area contributed by atoms with Crippen LogP contribution in [-0.4, -0.2) is 35.6 Å². The Balaban J connectivity index is 1.68. The van der Waals surface area contributed by atoms with Crippen molar-refractivity contribution in [3.05, 3.63) is 34.9 Å². The lowest BCUT2D eigenvalue weighted by Crippen LogP contribution is -2.36. The van der Waals surface area contributed by atoms with Gasteiger partial charge < -0.3 is 10.0 Å². The second-order valence-corrected chi connectivity index (χ2v) is 6.41. The van der Waals surface area contributed by atoms with E-state index in [1.54, 1.807) is 0 Å². The Morgan fingerprint density at radius 1 is 1.33 bits per heavy atom. The van der Waals surface area contributed by atoms with Crippen LogP contribution in [0.1, 0.15) is 37.7 Å². The summed E-state index contributed by atoms with van der Waals surface area (Å²) < 4.78 is 0. The summed E-state index contributed by atoms with van der Waals surface area (Å²) in [7, 11) is 0. The van der Waals surface area contributed by atoms with Gasteiger partial charge in [0.05, 0.1) is 0 Å². The molecule has 2 rings (SSSR count). The molecule has 1 saturated heterocycles. The first-order valence-corrected chi connectivity index (χ1v) is 8.20. The Morgan fingerprint density at radius 2 is 2.10 bits per heavy atom. The number of halogens is 1. The smallest absolute Gasteiger partial charge is 0.303 e. The van der Waals surface area contributed by atoms with E-state index in [2.05, 4.69) is 17.0 Å². The number of carbonyl (C=O) groups is 1. The van der Waals surface area contributed by atoms with Gasteiger partial charge in [0.25, 0.3) is 0 Å². The van der Waals surface area contributed by atoms with Gasteiger partial charge in [0.1, 0.15) is 0 Å². The molecule has 0 amide bonds. The van der Waals surface area contributed by atoms with Gasteiger partial charge in [-0.25, -0.2) is 0 Å². The van der Waals surface area contributed by atoms with Gasteiger partial charge in [-0.2, -0.15) is 0 Å². The van der Waals surface area contributed by atoms with Crippen molar-refractivity contribution < 1.29 is 9.90 Å². The van der Waals surface area contributed by atoms with Crippen molar-refractivity contribution >= 4 is 17.6 Å². The number of hydrogen-bond acceptors (Lipinski definition) is 2. The van der Waals surface area contributed by atoms with Crippen LogP contribution in [0.2, 0.25) is 5.02 Å². The number of likely N-dealkylation sites (tertiary alicyclic amines) is 1. The highest BCUT2D eigenvalue weighted by Gasteiger charge is 2.19. The van der Waals surface area contributed by atoms with Gasteiger partial charge in [-0.3, -0.25) is 4.79 Å². The molecule has 1 N–H and O–H groups in total. The molecular weight excluding hydrogens is 286 g/mol. The number of rotatable bonds is 7. The molecule has 0 radical (unpaired) electrons. The second-order valence-electron chi connectivity index (χ2n) is 5.97. The standard InChI is InChI=1S/C17H24ClNO2/c18-16-8-5-14(6-9-16)3-1-11-19-12-2-4-15(13-19)7-10-17(20)21/h5-6,8-9,15H,1-4,7,10-13H2,(H,20,21). The number of piperidine rings is 1. The molecule has 1 aliphatic rings. The van der Waals surface area contributed by atoms with Crippen molar-refractivity contribution in [2.75, 3.05) is 19.6 Å². The molecule has 0 saturated carbocycles. The minimum atomic E-state index is -0.671. The number of carboxylic acids is 1. The zero-order valence-corrected chi connectivity index (χ0v) is 13.2. The zero-order valence-electron chi connectivity index (χ0n) is 12.4. The number of carboxylic acid groups (broad SMARTS) is 1. The molecule has 0 bridgehead atoms. The molecular formula is C17H24ClNO2. The highest BCUT2D eigenvalue weighted by molar-refractivity contribution is 6.30. The van der Waals surface area contributed by atoms with Gasteiger partial charge in [-0.05, 0) is 68.8 Å². The van der Waals surface area contributed by atoms with Crippen molar-refractivity contribution in [2.45, 2.75) is 38.5 Å². The van der Waals surface area contributed by atoms with Crippen LogP contribution < -0.4 is 0 Å². The van der Waals surface area contributed by atoms with Gasteiger partial charge in [-0.1, -0.05) is 23.7 Å². The van der Waals surface area contributed by atoms with E-state index in [4.69, 9.17) is 16.7 Å². The molecule has 1 fully saturated rings. The van der Waals surface area contributed by atoms with Crippen LogP contribution in [-0.2, 0) is 11.2 Å². The normalized spacial score (nSPS) is 19.6. The fourth-order valence-corrected chi connectivity index (χ4v) is 3.20. The number of aryl methyl sites for hydroxylation is 1. The molecule has 1 aliphatic heterocycles. The van der Waals surface area contributed by atoms with Gasteiger partial charge in [0.15, 0.2) is 0 Å². The molecule has 0 spiro atoms. The molecule has 0 aromatic heterocycles. The van der Waals surface area contributed by atoms with Crippen LogP contribution in [0.25, 0.3) is 0 Å². The molecule has 3 nitrogen and oxygen atoms in total. The molecule has 1 atom stereocenters. The maximum Gasteiger partial charge on any atom is 0.303 e. The Morgan fingerprint density at radius 3 is 2.81 bits per heavy atom. The maximum atomic E-state index is 10.7. The fraction of sp³-hybridized carbons (Fsp3) is 0.588. The number of hydrogen-bond donors (Lipinski definition) is 1. The van der Waals surface area contributed by atoms with E-state index < -0.39 is 5.97 Å². The summed E-state index contributed by atoms with van der Waals surface area (Å²) in [6, 6.07) is 8.07. The summed E-state index contributed by atoms with van der Waals surface area (Å²) in [5, 5.41) is 9.56. The number of aliphatic carboxylic acids is 1. The molecule has 116 valence electrons. The number of nitrogens with zero attached hydrogens (tertiary/aromatic N) is 1. The van der Waals surface area contributed by atoms with E-state index in [0.717, 1.165) is 43.9 Å². The summed E-state index contributed by atoms with van der Waals surface area (Å²) in [5.41, 5.74) is 1.33. The fourth-order valence-electron chi connectivity index (χ4n) is 3.08. The quantitative estimate of drug-likeness (QED) is 0.831. The van der Waals surface area contributed by atoms with Crippen LogP contribution in [0.5, 0.6) is 0 Å². The van der Waals surface area contributed by atoms with Gasteiger partial charge in [0, 0.05) is 18.0 Å². The minimum Gasteiger partial charge on any atom is -0.481 e. The first-order valence-electron chi connectivity index (χ1n) is 7.82. The highest BCUT2D eigenvalue weighted by Crippen LogP contribution is 2.21. The average molecular weight is 310 g/mol.